The summed E-state index contributed by atoms with van der Waals surface area (Å²) in [7, 11) is 0. The van der Waals surface area contributed by atoms with Crippen LogP contribution in [-0.2, 0) is 121 Å². The van der Waals surface area contributed by atoms with Gasteiger partial charge in [0.05, 0.1) is 26.4 Å². The van der Waals surface area contributed by atoms with Crippen LogP contribution in [0.1, 0.15) is 158 Å². The fourth-order valence-corrected chi connectivity index (χ4v) is 2.99. The predicted octanol–water partition coefficient (Wildman–Crippen LogP) is 6.52. The summed E-state index contributed by atoms with van der Waals surface area (Å²) in [6.45, 7) is 16.6. The van der Waals surface area contributed by atoms with Gasteiger partial charge in [-0.15, -0.1) is 0 Å². The van der Waals surface area contributed by atoms with Gasteiger partial charge in [-0.05, 0) is 51.4 Å². The maximum absolute atomic E-state index is 10.9. The van der Waals surface area contributed by atoms with E-state index in [1.54, 1.807) is 0 Å². The maximum Gasteiger partial charge on any atom is 0.349 e. The molecular weight excluding hydrogens is 784 g/mol. The normalized spacial score (nSPS) is 9.33. The molecule has 16 nitrogen and oxygen atoms in total. The Kier molecular flexibility index (Phi) is 60.0. The third kappa shape index (κ3) is 56.6. The Morgan fingerprint density at radius 2 is 0.463 bits per heavy atom. The molecule has 0 rings (SSSR count). The van der Waals surface area contributed by atoms with E-state index in [0.717, 1.165) is 51.4 Å². The molecule has 0 amide bonds. The Hall–Kier alpha value is -2.17. The van der Waals surface area contributed by atoms with Gasteiger partial charge in [-0.2, -0.15) is 19.6 Å². The van der Waals surface area contributed by atoms with Crippen LogP contribution >= 0.6 is 0 Å². The van der Waals surface area contributed by atoms with Crippen molar-refractivity contribution >= 4 is 47.0 Å². The number of ketones is 4. The second-order valence-corrected chi connectivity index (χ2v) is 11.0. The van der Waals surface area contributed by atoms with Gasteiger partial charge in [0.15, 0.2) is 0 Å². The molecule has 0 radical (unpaired) electrons. The standard InChI is InChI=1S/4C9H16O4.2Ti/c4*1-3-5-8(10)7-9(11)13-12-6-4-2;;/h4*3-7H2,1-2H3;;. The zero-order chi connectivity index (χ0) is 40.4. The van der Waals surface area contributed by atoms with E-state index < -0.39 is 23.9 Å². The molecule has 0 spiro atoms. The van der Waals surface area contributed by atoms with Crippen molar-refractivity contribution in [2.75, 3.05) is 26.4 Å². The number of rotatable bonds is 28. The van der Waals surface area contributed by atoms with Gasteiger partial charge >= 0.3 is 23.9 Å². The van der Waals surface area contributed by atoms with E-state index in [9.17, 15) is 38.4 Å². The summed E-state index contributed by atoms with van der Waals surface area (Å²) in [4.78, 5) is 123. The topological polar surface area (TPSA) is 210 Å². The van der Waals surface area contributed by atoms with Crippen molar-refractivity contribution in [1.82, 2.24) is 0 Å². The molecule has 0 heterocycles. The van der Waals surface area contributed by atoms with Gasteiger partial charge in [-0.1, -0.05) is 55.4 Å². The summed E-state index contributed by atoms with van der Waals surface area (Å²) in [5.41, 5.74) is 0. The summed E-state index contributed by atoms with van der Waals surface area (Å²) in [5.74, 6) is -2.84. The number of Topliss-reactive ketones (excluding diaryl/α,β-unsaturated/α-hetero) is 4. The second kappa shape index (κ2) is 50.8. The maximum atomic E-state index is 10.9. The molecule has 0 bridgehead atoms. The van der Waals surface area contributed by atoms with E-state index >= 15 is 0 Å². The largest absolute Gasteiger partial charge is 0.349 e. The van der Waals surface area contributed by atoms with Crippen molar-refractivity contribution in [3.8, 4) is 0 Å². The first kappa shape index (κ1) is 63.8. The minimum Gasteiger partial charge on any atom is -0.299 e. The minimum absolute atomic E-state index is 0. The van der Waals surface area contributed by atoms with Crippen molar-refractivity contribution in [3.05, 3.63) is 0 Å². The molecule has 0 aromatic carbocycles. The quantitative estimate of drug-likeness (QED) is 0.0270. The van der Waals surface area contributed by atoms with Gasteiger partial charge in [-0.3, -0.25) is 38.7 Å². The van der Waals surface area contributed by atoms with Gasteiger partial charge in [0.1, 0.15) is 48.8 Å². The molecule has 0 saturated heterocycles. The van der Waals surface area contributed by atoms with Crippen molar-refractivity contribution < 1.29 is 121 Å². The molecule has 0 unspecified atom stereocenters. The van der Waals surface area contributed by atoms with Gasteiger partial charge in [-0.25, -0.2) is 19.2 Å². The molecule has 0 atom stereocenters. The SMILES string of the molecule is CCCOOC(=O)CC(=O)CCC.CCCOOC(=O)CC(=O)CCC.CCCOOC(=O)CC(=O)CCC.CCCOOC(=O)CC(=O)CCC.[Ti].[Ti]. The van der Waals surface area contributed by atoms with E-state index in [-0.39, 0.29) is 92.3 Å². The molecule has 0 saturated carbocycles. The zero-order valence-electron chi connectivity index (χ0n) is 33.7. The molecule has 18 heteroatoms. The summed E-state index contributed by atoms with van der Waals surface area (Å²) in [5, 5.41) is 0. The summed E-state index contributed by atoms with van der Waals surface area (Å²) < 4.78 is 0. The molecule has 0 aliphatic carbocycles. The monoisotopic (exact) mass is 848 g/mol. The van der Waals surface area contributed by atoms with Gasteiger partial charge < -0.3 is 0 Å². The number of carbonyl (C=O) groups excluding carboxylic acids is 8. The molecule has 0 aliphatic heterocycles. The fraction of sp³-hybridized carbons (Fsp3) is 0.778. The first-order valence-corrected chi connectivity index (χ1v) is 18.2. The fourth-order valence-electron chi connectivity index (χ4n) is 2.99. The summed E-state index contributed by atoms with van der Waals surface area (Å²) >= 11 is 0. The summed E-state index contributed by atoms with van der Waals surface area (Å²) in [6, 6.07) is 0. The van der Waals surface area contributed by atoms with Crippen LogP contribution in [0.3, 0.4) is 0 Å². The number of carbonyl (C=O) groups is 8. The Labute approximate surface area is 350 Å². The zero-order valence-corrected chi connectivity index (χ0v) is 36.8. The van der Waals surface area contributed by atoms with Crippen LogP contribution in [-0.4, -0.2) is 73.4 Å². The molecule has 0 aliphatic rings. The van der Waals surface area contributed by atoms with Crippen LogP contribution in [0.5, 0.6) is 0 Å². The Bertz CT molecular complexity index is 824. The Morgan fingerprint density at radius 3 is 0.593 bits per heavy atom. The van der Waals surface area contributed by atoms with Crippen LogP contribution in [0.15, 0.2) is 0 Å². The molecule has 0 aromatic rings. The van der Waals surface area contributed by atoms with E-state index in [4.69, 9.17) is 0 Å². The van der Waals surface area contributed by atoms with E-state index in [0.29, 0.717) is 52.1 Å². The second-order valence-electron chi connectivity index (χ2n) is 11.0. The van der Waals surface area contributed by atoms with E-state index in [1.165, 1.54) is 0 Å². The predicted molar refractivity (Wildman–Crippen MR) is 187 cm³/mol. The van der Waals surface area contributed by atoms with E-state index in [1.807, 2.05) is 55.4 Å². The average Bonchev–Trinajstić information content (AvgIpc) is 3.06. The smallest absolute Gasteiger partial charge is 0.299 e. The molecule has 312 valence electrons. The van der Waals surface area contributed by atoms with Crippen LogP contribution in [0, 0.1) is 0 Å². The van der Waals surface area contributed by atoms with Crippen molar-refractivity contribution in [2.45, 2.75) is 158 Å². The van der Waals surface area contributed by atoms with Crippen LogP contribution in [0.2, 0.25) is 0 Å². The van der Waals surface area contributed by atoms with Crippen LogP contribution in [0.4, 0.5) is 0 Å². The van der Waals surface area contributed by atoms with Crippen molar-refractivity contribution in [2.24, 2.45) is 0 Å². The molecule has 0 aromatic heterocycles. The molecule has 0 fully saturated rings. The molecular formula is C36H64O16Ti2. The third-order valence-electron chi connectivity index (χ3n) is 5.24. The average molecular weight is 849 g/mol. The van der Waals surface area contributed by atoms with Crippen molar-refractivity contribution in [1.29, 1.82) is 0 Å². The Balaban J connectivity index is -0.000000140. The first-order chi connectivity index (χ1) is 24.8. The Morgan fingerprint density at radius 1 is 0.296 bits per heavy atom. The van der Waals surface area contributed by atoms with Gasteiger partial charge in [0.2, 0.25) is 0 Å². The van der Waals surface area contributed by atoms with Gasteiger partial charge in [0.25, 0.3) is 0 Å². The molecule has 54 heavy (non-hydrogen) atoms. The minimum atomic E-state index is -0.605. The number of hydrogen-bond donors (Lipinski definition) is 0. The van der Waals surface area contributed by atoms with Crippen LogP contribution < -0.4 is 0 Å². The van der Waals surface area contributed by atoms with Gasteiger partial charge in [0, 0.05) is 69.1 Å². The van der Waals surface area contributed by atoms with Crippen molar-refractivity contribution in [3.63, 3.8) is 0 Å². The molecule has 0 N–H and O–H groups in total. The van der Waals surface area contributed by atoms with E-state index in [2.05, 4.69) is 39.1 Å². The third-order valence-corrected chi connectivity index (χ3v) is 5.24. The first-order valence-electron chi connectivity index (χ1n) is 18.2. The number of hydrogen-bond acceptors (Lipinski definition) is 16. The summed E-state index contributed by atoms with van der Waals surface area (Å²) in [6.07, 6.45) is 7.05. The van der Waals surface area contributed by atoms with Crippen LogP contribution in [0.25, 0.3) is 0 Å².